The van der Waals surface area contributed by atoms with Gasteiger partial charge in [0.1, 0.15) is 0 Å². The van der Waals surface area contributed by atoms with E-state index < -0.39 is 0 Å². The van der Waals surface area contributed by atoms with Gasteiger partial charge in [-0.3, -0.25) is 4.79 Å². The lowest BCUT2D eigenvalue weighted by Gasteiger charge is -2.34. The van der Waals surface area contributed by atoms with Crippen molar-refractivity contribution >= 4 is 18.3 Å². The monoisotopic (exact) mass is 358 g/mol. The van der Waals surface area contributed by atoms with Crippen molar-refractivity contribution in [2.45, 2.75) is 71.3 Å². The van der Waals surface area contributed by atoms with Crippen molar-refractivity contribution in [3.63, 3.8) is 0 Å². The van der Waals surface area contributed by atoms with Crippen LogP contribution in [0.1, 0.15) is 65.1 Å². The maximum atomic E-state index is 12.3. The summed E-state index contributed by atoms with van der Waals surface area (Å²) in [6.07, 6.45) is 4.10. The first-order valence-electron chi connectivity index (χ1n) is 8.64. The summed E-state index contributed by atoms with van der Waals surface area (Å²) in [6.45, 7) is 9.84. The summed E-state index contributed by atoms with van der Waals surface area (Å²) in [4.78, 5) is 18.7. The minimum atomic E-state index is -0.112. The number of nitrogens with zero attached hydrogens (tertiary/aromatic N) is 3. The van der Waals surface area contributed by atoms with Crippen LogP contribution in [0.2, 0.25) is 0 Å². The standard InChI is InChI=1S/C17H30N4O2.ClH/c1-12(18)13-7-6-10-21(11-13)15(22)9-5-8-14-19-16(20-23-14)17(2,3)4;/h12-13H,5-11,18H2,1-4H3;1H. The van der Waals surface area contributed by atoms with Crippen molar-refractivity contribution in [1.29, 1.82) is 0 Å². The Morgan fingerprint density at radius 1 is 1.46 bits per heavy atom. The molecule has 2 heterocycles. The molecule has 0 saturated carbocycles. The Kier molecular flexibility index (Phi) is 7.67. The molecule has 0 bridgehead atoms. The first-order chi connectivity index (χ1) is 10.8. The van der Waals surface area contributed by atoms with Crippen molar-refractivity contribution in [3.8, 4) is 0 Å². The van der Waals surface area contributed by atoms with Crippen LogP contribution < -0.4 is 5.73 Å². The van der Waals surface area contributed by atoms with Crippen LogP contribution in [-0.4, -0.2) is 40.1 Å². The zero-order valence-corrected chi connectivity index (χ0v) is 16.1. The number of likely N-dealkylation sites (tertiary alicyclic amines) is 1. The molecule has 6 nitrogen and oxygen atoms in total. The van der Waals surface area contributed by atoms with Gasteiger partial charge in [-0.1, -0.05) is 25.9 Å². The molecule has 1 aromatic rings. The van der Waals surface area contributed by atoms with Crippen molar-refractivity contribution in [2.24, 2.45) is 11.7 Å². The second-order valence-corrected chi connectivity index (χ2v) is 7.72. The van der Waals surface area contributed by atoms with Crippen LogP contribution >= 0.6 is 12.4 Å². The highest BCUT2D eigenvalue weighted by molar-refractivity contribution is 5.85. The fourth-order valence-corrected chi connectivity index (χ4v) is 2.88. The Labute approximate surface area is 150 Å². The van der Waals surface area contributed by atoms with E-state index in [1.54, 1.807) is 0 Å². The highest BCUT2D eigenvalue weighted by Crippen LogP contribution is 2.21. The first kappa shape index (κ1) is 20.9. The zero-order valence-electron chi connectivity index (χ0n) is 15.2. The van der Waals surface area contributed by atoms with Gasteiger partial charge >= 0.3 is 0 Å². The Morgan fingerprint density at radius 2 is 2.17 bits per heavy atom. The summed E-state index contributed by atoms with van der Waals surface area (Å²) >= 11 is 0. The second kappa shape index (κ2) is 8.81. The minimum Gasteiger partial charge on any atom is -0.342 e. The maximum absolute atomic E-state index is 12.3. The van der Waals surface area contributed by atoms with Crippen molar-refractivity contribution in [2.75, 3.05) is 13.1 Å². The summed E-state index contributed by atoms with van der Waals surface area (Å²) in [5.41, 5.74) is 5.87. The molecule has 0 spiro atoms. The lowest BCUT2D eigenvalue weighted by atomic mass is 9.92. The highest BCUT2D eigenvalue weighted by Gasteiger charge is 2.25. The van der Waals surface area contributed by atoms with Crippen LogP contribution in [0.4, 0.5) is 0 Å². The predicted octanol–water partition coefficient (Wildman–Crippen LogP) is 2.70. The van der Waals surface area contributed by atoms with Gasteiger partial charge in [-0.05, 0) is 32.1 Å². The largest absolute Gasteiger partial charge is 0.342 e. The molecule has 2 atom stereocenters. The lowest BCUT2D eigenvalue weighted by Crippen LogP contribution is -2.45. The fraction of sp³-hybridized carbons (Fsp3) is 0.824. The number of aromatic nitrogens is 2. The normalized spacial score (nSPS) is 19.7. The molecule has 138 valence electrons. The third-order valence-electron chi connectivity index (χ3n) is 4.47. The van der Waals surface area contributed by atoms with Crippen LogP contribution in [0, 0.1) is 5.92 Å². The predicted molar refractivity (Wildman–Crippen MR) is 96.1 cm³/mol. The van der Waals surface area contributed by atoms with Crippen LogP contribution in [-0.2, 0) is 16.6 Å². The summed E-state index contributed by atoms with van der Waals surface area (Å²) in [6, 6.07) is 0.153. The van der Waals surface area contributed by atoms with Crippen molar-refractivity contribution in [3.05, 3.63) is 11.7 Å². The van der Waals surface area contributed by atoms with Gasteiger partial charge < -0.3 is 15.2 Å². The number of piperidine rings is 1. The quantitative estimate of drug-likeness (QED) is 0.874. The number of carbonyl (C=O) groups is 1. The molecule has 0 radical (unpaired) electrons. The Bertz CT molecular complexity index is 525. The number of amides is 1. The topological polar surface area (TPSA) is 85.2 Å². The first-order valence-corrected chi connectivity index (χ1v) is 8.64. The number of aryl methyl sites for hydroxylation is 1. The van der Waals surface area contributed by atoms with Crippen LogP contribution in [0.15, 0.2) is 4.52 Å². The fourth-order valence-electron chi connectivity index (χ4n) is 2.88. The summed E-state index contributed by atoms with van der Waals surface area (Å²) < 4.78 is 5.26. The Morgan fingerprint density at radius 3 is 2.75 bits per heavy atom. The SMILES string of the molecule is CC(N)C1CCCN(C(=O)CCCc2nc(C(C)(C)C)no2)C1.Cl. The molecule has 2 rings (SSSR count). The van der Waals surface area contributed by atoms with Gasteiger partial charge in [0, 0.05) is 37.4 Å². The number of hydrogen-bond acceptors (Lipinski definition) is 5. The molecule has 1 amide bonds. The van der Waals surface area contributed by atoms with E-state index in [-0.39, 0.29) is 29.8 Å². The smallest absolute Gasteiger partial charge is 0.226 e. The second-order valence-electron chi connectivity index (χ2n) is 7.72. The molecule has 2 N–H and O–H groups in total. The maximum Gasteiger partial charge on any atom is 0.226 e. The van der Waals surface area contributed by atoms with E-state index in [0.29, 0.717) is 24.7 Å². The van der Waals surface area contributed by atoms with E-state index in [2.05, 4.69) is 30.9 Å². The summed E-state index contributed by atoms with van der Waals surface area (Å²) in [5.74, 6) is 1.98. The zero-order chi connectivity index (χ0) is 17.0. The molecule has 1 saturated heterocycles. The molecular formula is C17H31ClN4O2. The minimum absolute atomic E-state index is 0. The molecule has 24 heavy (non-hydrogen) atoms. The van der Waals surface area contributed by atoms with E-state index in [0.717, 1.165) is 38.2 Å². The van der Waals surface area contributed by atoms with E-state index in [1.807, 2.05) is 11.8 Å². The number of hydrogen-bond donors (Lipinski definition) is 1. The summed E-state index contributed by atoms with van der Waals surface area (Å²) in [5, 5.41) is 4.01. The van der Waals surface area contributed by atoms with Gasteiger partial charge in [0.25, 0.3) is 0 Å². The molecule has 0 aliphatic carbocycles. The van der Waals surface area contributed by atoms with Crippen LogP contribution in [0.25, 0.3) is 0 Å². The molecule has 1 fully saturated rings. The average molecular weight is 359 g/mol. The molecule has 1 aliphatic rings. The third kappa shape index (κ3) is 5.74. The van der Waals surface area contributed by atoms with Crippen molar-refractivity contribution < 1.29 is 9.32 Å². The van der Waals surface area contributed by atoms with Crippen LogP contribution in [0.3, 0.4) is 0 Å². The number of halogens is 1. The molecule has 2 unspecified atom stereocenters. The Hall–Kier alpha value is -1.14. The van der Waals surface area contributed by atoms with Gasteiger partial charge in [0.2, 0.25) is 11.8 Å². The van der Waals surface area contributed by atoms with E-state index >= 15 is 0 Å². The average Bonchev–Trinajstić information content (AvgIpc) is 2.96. The van der Waals surface area contributed by atoms with Gasteiger partial charge in [0.15, 0.2) is 5.82 Å². The van der Waals surface area contributed by atoms with Gasteiger partial charge in [-0.2, -0.15) is 4.98 Å². The van der Waals surface area contributed by atoms with Gasteiger partial charge in [-0.15, -0.1) is 12.4 Å². The van der Waals surface area contributed by atoms with Gasteiger partial charge in [0.05, 0.1) is 0 Å². The lowest BCUT2D eigenvalue weighted by molar-refractivity contribution is -0.133. The number of nitrogens with two attached hydrogens (primary N) is 1. The van der Waals surface area contributed by atoms with Gasteiger partial charge in [-0.25, -0.2) is 0 Å². The third-order valence-corrected chi connectivity index (χ3v) is 4.47. The number of rotatable bonds is 5. The summed E-state index contributed by atoms with van der Waals surface area (Å²) in [7, 11) is 0. The van der Waals surface area contributed by atoms with E-state index in [1.165, 1.54) is 0 Å². The Balaban J connectivity index is 0.00000288. The van der Waals surface area contributed by atoms with E-state index in [9.17, 15) is 4.79 Å². The molecule has 0 aromatic carbocycles. The highest BCUT2D eigenvalue weighted by atomic mass is 35.5. The van der Waals surface area contributed by atoms with Crippen LogP contribution in [0.5, 0.6) is 0 Å². The molecule has 1 aromatic heterocycles. The number of carbonyl (C=O) groups excluding carboxylic acids is 1. The molecular weight excluding hydrogens is 328 g/mol. The van der Waals surface area contributed by atoms with Crippen molar-refractivity contribution in [1.82, 2.24) is 15.0 Å². The van der Waals surface area contributed by atoms with E-state index in [4.69, 9.17) is 10.3 Å². The molecule has 1 aliphatic heterocycles. The molecule has 7 heteroatoms.